The van der Waals surface area contributed by atoms with Crippen molar-refractivity contribution < 1.29 is 9.32 Å². The molecule has 1 amide bonds. The molecule has 1 fully saturated rings. The van der Waals surface area contributed by atoms with Crippen LogP contribution in [0, 0.1) is 17.2 Å². The fourth-order valence-electron chi connectivity index (χ4n) is 3.49. The van der Waals surface area contributed by atoms with Crippen molar-refractivity contribution in [2.24, 2.45) is 5.92 Å². The Bertz CT molecular complexity index is 1020. The largest absolute Gasteiger partial charge is 0.334 e. The van der Waals surface area contributed by atoms with Crippen LogP contribution in [0.25, 0.3) is 11.5 Å². The van der Waals surface area contributed by atoms with Crippen molar-refractivity contribution in [1.29, 1.82) is 5.26 Å². The average molecular weight is 387 g/mol. The number of nitriles is 1. The third kappa shape index (κ3) is 4.50. The number of rotatable bonds is 5. The van der Waals surface area contributed by atoms with Crippen molar-refractivity contribution in [2.75, 3.05) is 18.4 Å². The molecule has 1 aliphatic rings. The number of benzene rings is 2. The number of anilines is 1. The molecule has 3 aromatic rings. The Balaban J connectivity index is 1.30. The van der Waals surface area contributed by atoms with Gasteiger partial charge in [0.15, 0.2) is 5.82 Å². The van der Waals surface area contributed by atoms with Crippen LogP contribution in [0.1, 0.15) is 24.2 Å². The van der Waals surface area contributed by atoms with E-state index < -0.39 is 0 Å². The molecule has 146 valence electrons. The van der Waals surface area contributed by atoms with Crippen LogP contribution in [-0.4, -0.2) is 34.0 Å². The third-order valence-electron chi connectivity index (χ3n) is 5.12. The molecule has 2 aromatic carbocycles. The highest BCUT2D eigenvalue weighted by Crippen LogP contribution is 2.23. The summed E-state index contributed by atoms with van der Waals surface area (Å²) in [6.45, 7) is 2.17. The van der Waals surface area contributed by atoms with Gasteiger partial charge >= 0.3 is 0 Å². The Labute approximate surface area is 169 Å². The van der Waals surface area contributed by atoms with Gasteiger partial charge in [-0.2, -0.15) is 10.2 Å². The van der Waals surface area contributed by atoms with Gasteiger partial charge in [0.2, 0.25) is 5.91 Å². The van der Waals surface area contributed by atoms with Gasteiger partial charge in [0.25, 0.3) is 5.89 Å². The second-order valence-corrected chi connectivity index (χ2v) is 7.08. The second-order valence-electron chi connectivity index (χ2n) is 7.08. The number of hydrogen-bond donors (Lipinski definition) is 1. The summed E-state index contributed by atoms with van der Waals surface area (Å²) in [4.78, 5) is 19.3. The summed E-state index contributed by atoms with van der Waals surface area (Å²) in [5, 5.41) is 16.1. The molecule has 0 radical (unpaired) electrons. The molecule has 4 rings (SSSR count). The van der Waals surface area contributed by atoms with E-state index >= 15 is 0 Å². The number of para-hydroxylation sites is 1. The van der Waals surface area contributed by atoms with E-state index in [2.05, 4.69) is 26.4 Å². The van der Waals surface area contributed by atoms with Crippen LogP contribution < -0.4 is 5.32 Å². The smallest absolute Gasteiger partial charge is 0.257 e. The number of carbonyl (C=O) groups excluding carboxylic acids is 1. The van der Waals surface area contributed by atoms with Gasteiger partial charge in [-0.1, -0.05) is 35.5 Å². The monoisotopic (exact) mass is 387 g/mol. The summed E-state index contributed by atoms with van der Waals surface area (Å²) in [5.41, 5.74) is 1.95. The van der Waals surface area contributed by atoms with Gasteiger partial charge in [0, 0.05) is 11.5 Å². The van der Waals surface area contributed by atoms with Crippen molar-refractivity contribution in [3.8, 4) is 17.5 Å². The molecule has 1 N–H and O–H groups in total. The molecular formula is C22H21N5O2. The molecule has 0 aliphatic carbocycles. The predicted octanol–water partition coefficient (Wildman–Crippen LogP) is 3.46. The van der Waals surface area contributed by atoms with Gasteiger partial charge in [0.05, 0.1) is 17.8 Å². The van der Waals surface area contributed by atoms with Crippen LogP contribution in [0.3, 0.4) is 0 Å². The van der Waals surface area contributed by atoms with Crippen molar-refractivity contribution >= 4 is 11.6 Å². The van der Waals surface area contributed by atoms with Gasteiger partial charge in [0.1, 0.15) is 6.07 Å². The normalized spacial score (nSPS) is 15.0. The highest BCUT2D eigenvalue weighted by atomic mass is 16.5. The Hall–Kier alpha value is -3.50. The zero-order chi connectivity index (χ0) is 20.1. The summed E-state index contributed by atoms with van der Waals surface area (Å²) in [6, 6.07) is 18.8. The molecule has 0 spiro atoms. The standard InChI is InChI=1S/C22H21N5O2/c23-14-18-8-4-5-9-19(18)24-21(28)16-10-12-27(13-11-16)15-20-25-22(29-26-20)17-6-2-1-3-7-17/h1-9,16H,10-13,15H2,(H,24,28). The number of hydrogen-bond acceptors (Lipinski definition) is 6. The van der Waals surface area contributed by atoms with E-state index in [-0.39, 0.29) is 11.8 Å². The minimum atomic E-state index is -0.0665. The Morgan fingerprint density at radius 1 is 1.14 bits per heavy atom. The van der Waals surface area contributed by atoms with Gasteiger partial charge in [-0.3, -0.25) is 9.69 Å². The molecule has 29 heavy (non-hydrogen) atoms. The first-order chi connectivity index (χ1) is 14.2. The maximum Gasteiger partial charge on any atom is 0.257 e. The SMILES string of the molecule is N#Cc1ccccc1NC(=O)C1CCN(Cc2noc(-c3ccccc3)n2)CC1. The van der Waals surface area contributed by atoms with E-state index in [4.69, 9.17) is 9.78 Å². The lowest BCUT2D eigenvalue weighted by Gasteiger charge is -2.30. The minimum Gasteiger partial charge on any atom is -0.334 e. The van der Waals surface area contributed by atoms with E-state index in [1.807, 2.05) is 36.4 Å². The summed E-state index contributed by atoms with van der Waals surface area (Å²) in [7, 11) is 0. The molecule has 0 bridgehead atoms. The second kappa shape index (κ2) is 8.67. The van der Waals surface area contributed by atoms with E-state index in [0.717, 1.165) is 31.5 Å². The Kier molecular flexibility index (Phi) is 5.63. The molecule has 1 saturated heterocycles. The minimum absolute atomic E-state index is 0.0294. The van der Waals surface area contributed by atoms with Crippen LogP contribution in [0.4, 0.5) is 5.69 Å². The highest BCUT2D eigenvalue weighted by molar-refractivity contribution is 5.93. The zero-order valence-corrected chi connectivity index (χ0v) is 15.9. The lowest BCUT2D eigenvalue weighted by atomic mass is 9.95. The fraction of sp³-hybridized carbons (Fsp3) is 0.273. The van der Waals surface area contributed by atoms with Crippen LogP contribution in [-0.2, 0) is 11.3 Å². The quantitative estimate of drug-likeness (QED) is 0.720. The zero-order valence-electron chi connectivity index (χ0n) is 15.9. The van der Waals surface area contributed by atoms with Crippen LogP contribution in [0.2, 0.25) is 0 Å². The molecule has 0 atom stereocenters. The summed E-state index contributed by atoms with van der Waals surface area (Å²) in [5.74, 6) is 1.07. The van der Waals surface area contributed by atoms with E-state index in [0.29, 0.717) is 29.5 Å². The van der Waals surface area contributed by atoms with Crippen molar-refractivity contribution in [3.63, 3.8) is 0 Å². The van der Waals surface area contributed by atoms with Crippen molar-refractivity contribution in [2.45, 2.75) is 19.4 Å². The lowest BCUT2D eigenvalue weighted by molar-refractivity contribution is -0.121. The topological polar surface area (TPSA) is 95.1 Å². The third-order valence-corrected chi connectivity index (χ3v) is 5.12. The molecule has 1 aliphatic heterocycles. The van der Waals surface area contributed by atoms with Crippen LogP contribution in [0.5, 0.6) is 0 Å². The number of carbonyl (C=O) groups is 1. The summed E-state index contributed by atoms with van der Waals surface area (Å²) in [6.07, 6.45) is 1.51. The number of piperidine rings is 1. The van der Waals surface area contributed by atoms with Crippen molar-refractivity contribution in [3.05, 3.63) is 66.0 Å². The fourth-order valence-corrected chi connectivity index (χ4v) is 3.49. The predicted molar refractivity (Wildman–Crippen MR) is 108 cm³/mol. The molecule has 1 aromatic heterocycles. The van der Waals surface area contributed by atoms with E-state index in [9.17, 15) is 4.79 Å². The van der Waals surface area contributed by atoms with Gasteiger partial charge < -0.3 is 9.84 Å². The number of likely N-dealkylation sites (tertiary alicyclic amines) is 1. The molecule has 0 saturated carbocycles. The summed E-state index contributed by atoms with van der Waals surface area (Å²) >= 11 is 0. The number of nitrogens with one attached hydrogen (secondary N) is 1. The van der Waals surface area contributed by atoms with Crippen molar-refractivity contribution in [1.82, 2.24) is 15.0 Å². The Morgan fingerprint density at radius 3 is 2.62 bits per heavy atom. The lowest BCUT2D eigenvalue weighted by Crippen LogP contribution is -2.38. The summed E-state index contributed by atoms with van der Waals surface area (Å²) < 4.78 is 5.36. The number of amides is 1. The van der Waals surface area contributed by atoms with Gasteiger partial charge in [-0.05, 0) is 50.2 Å². The van der Waals surface area contributed by atoms with E-state index in [1.54, 1.807) is 18.2 Å². The molecule has 7 heteroatoms. The molecule has 2 heterocycles. The number of aromatic nitrogens is 2. The first-order valence-corrected chi connectivity index (χ1v) is 9.63. The maximum atomic E-state index is 12.6. The van der Waals surface area contributed by atoms with E-state index in [1.165, 1.54) is 0 Å². The Morgan fingerprint density at radius 2 is 1.86 bits per heavy atom. The first-order valence-electron chi connectivity index (χ1n) is 9.63. The molecule has 7 nitrogen and oxygen atoms in total. The highest BCUT2D eigenvalue weighted by Gasteiger charge is 2.26. The van der Waals surface area contributed by atoms with Gasteiger partial charge in [-0.25, -0.2) is 0 Å². The van der Waals surface area contributed by atoms with Crippen LogP contribution in [0.15, 0.2) is 59.1 Å². The number of nitrogens with zero attached hydrogens (tertiary/aromatic N) is 4. The maximum absolute atomic E-state index is 12.6. The van der Waals surface area contributed by atoms with Gasteiger partial charge in [-0.15, -0.1) is 0 Å². The average Bonchev–Trinajstić information content (AvgIpc) is 3.24. The van der Waals surface area contributed by atoms with Crippen LogP contribution >= 0.6 is 0 Å². The first kappa shape index (κ1) is 18.8. The molecule has 0 unspecified atom stereocenters. The molecular weight excluding hydrogens is 366 g/mol.